The highest BCUT2D eigenvalue weighted by molar-refractivity contribution is 7.90. The summed E-state index contributed by atoms with van der Waals surface area (Å²) < 4.78 is 23.1. The number of hydrogen-bond acceptors (Lipinski definition) is 7. The topological polar surface area (TPSA) is 82.6 Å². The van der Waals surface area contributed by atoms with E-state index >= 15 is 0 Å². The lowest BCUT2D eigenvalue weighted by molar-refractivity contribution is -0.130. The SMILES string of the molecule is CS(=O)(=O)c1ccc(Nc2nc(CC(=O)N3CCN(c4ccc(Cl)cc4)CC3)cs2)cc1. The van der Waals surface area contributed by atoms with E-state index in [1.165, 1.54) is 17.6 Å². The maximum absolute atomic E-state index is 12.7. The summed E-state index contributed by atoms with van der Waals surface area (Å²) in [6.45, 7) is 2.90. The van der Waals surface area contributed by atoms with E-state index in [0.29, 0.717) is 23.2 Å². The molecule has 0 radical (unpaired) electrons. The van der Waals surface area contributed by atoms with E-state index < -0.39 is 9.84 Å². The Balaban J connectivity index is 1.30. The molecule has 2 aromatic carbocycles. The molecule has 1 aliphatic heterocycles. The summed E-state index contributed by atoms with van der Waals surface area (Å²) in [5.41, 5.74) is 2.57. The minimum Gasteiger partial charge on any atom is -0.368 e. The van der Waals surface area contributed by atoms with Crippen LogP contribution in [0, 0.1) is 0 Å². The molecule has 1 saturated heterocycles. The molecule has 1 fully saturated rings. The molecule has 0 saturated carbocycles. The van der Waals surface area contributed by atoms with E-state index in [4.69, 9.17) is 11.6 Å². The van der Waals surface area contributed by atoms with Crippen LogP contribution in [-0.2, 0) is 21.1 Å². The number of anilines is 3. The Morgan fingerprint density at radius 1 is 1.06 bits per heavy atom. The zero-order valence-corrected chi connectivity index (χ0v) is 19.9. The smallest absolute Gasteiger partial charge is 0.228 e. The van der Waals surface area contributed by atoms with Gasteiger partial charge in [-0.1, -0.05) is 11.6 Å². The molecule has 0 atom stereocenters. The van der Waals surface area contributed by atoms with Crippen LogP contribution >= 0.6 is 22.9 Å². The van der Waals surface area contributed by atoms with E-state index in [1.54, 1.807) is 24.3 Å². The summed E-state index contributed by atoms with van der Waals surface area (Å²) in [7, 11) is -3.22. The van der Waals surface area contributed by atoms with Crippen molar-refractivity contribution in [2.24, 2.45) is 0 Å². The molecule has 168 valence electrons. The fourth-order valence-electron chi connectivity index (χ4n) is 3.49. The van der Waals surface area contributed by atoms with Crippen LogP contribution in [0.1, 0.15) is 5.69 Å². The molecule has 2 heterocycles. The van der Waals surface area contributed by atoms with Gasteiger partial charge in [0.2, 0.25) is 5.91 Å². The van der Waals surface area contributed by atoms with Crippen molar-refractivity contribution in [3.63, 3.8) is 0 Å². The summed E-state index contributed by atoms with van der Waals surface area (Å²) in [5, 5.41) is 6.40. The van der Waals surface area contributed by atoms with Crippen LogP contribution in [0.2, 0.25) is 5.02 Å². The molecule has 1 aliphatic rings. The second kappa shape index (κ2) is 9.48. The number of amides is 1. The Morgan fingerprint density at radius 2 is 1.72 bits per heavy atom. The number of carbonyl (C=O) groups is 1. The lowest BCUT2D eigenvalue weighted by Crippen LogP contribution is -2.49. The van der Waals surface area contributed by atoms with Crippen LogP contribution in [0.5, 0.6) is 0 Å². The first kappa shape index (κ1) is 22.6. The number of thiazole rings is 1. The molecule has 1 N–H and O–H groups in total. The van der Waals surface area contributed by atoms with Crippen molar-refractivity contribution in [3.8, 4) is 0 Å². The zero-order valence-electron chi connectivity index (χ0n) is 17.5. The molecular weight excluding hydrogens is 468 g/mol. The van der Waals surface area contributed by atoms with Crippen LogP contribution in [0.25, 0.3) is 0 Å². The van der Waals surface area contributed by atoms with Crippen LogP contribution < -0.4 is 10.2 Å². The van der Waals surface area contributed by atoms with Crippen LogP contribution in [0.4, 0.5) is 16.5 Å². The first-order valence-corrected chi connectivity index (χ1v) is 13.2. The van der Waals surface area contributed by atoms with Crippen LogP contribution in [-0.4, -0.2) is 56.6 Å². The second-order valence-corrected chi connectivity index (χ2v) is 10.9. The molecule has 4 rings (SSSR count). The minimum atomic E-state index is -3.22. The number of carbonyl (C=O) groups excluding carboxylic acids is 1. The van der Waals surface area contributed by atoms with E-state index in [0.717, 1.165) is 30.2 Å². The number of nitrogens with zero attached hydrogens (tertiary/aromatic N) is 3. The normalized spacial score (nSPS) is 14.4. The number of rotatable bonds is 6. The average molecular weight is 491 g/mol. The number of piperazine rings is 1. The first-order chi connectivity index (χ1) is 15.3. The van der Waals surface area contributed by atoms with Gasteiger partial charge in [0, 0.05) is 54.2 Å². The molecule has 10 heteroatoms. The third-order valence-corrected chi connectivity index (χ3v) is 7.43. The van der Waals surface area contributed by atoms with Gasteiger partial charge in [0.15, 0.2) is 15.0 Å². The van der Waals surface area contributed by atoms with Crippen LogP contribution in [0.3, 0.4) is 0 Å². The lowest BCUT2D eigenvalue weighted by Gasteiger charge is -2.36. The maximum atomic E-state index is 12.7. The zero-order chi connectivity index (χ0) is 22.7. The third kappa shape index (κ3) is 5.59. The number of hydrogen-bond donors (Lipinski definition) is 1. The largest absolute Gasteiger partial charge is 0.368 e. The van der Waals surface area contributed by atoms with Gasteiger partial charge < -0.3 is 15.1 Å². The van der Waals surface area contributed by atoms with Gasteiger partial charge in [0.25, 0.3) is 0 Å². The Morgan fingerprint density at radius 3 is 2.34 bits per heavy atom. The fraction of sp³-hybridized carbons (Fsp3) is 0.273. The first-order valence-electron chi connectivity index (χ1n) is 10.1. The number of sulfone groups is 1. The average Bonchev–Trinajstić information content (AvgIpc) is 3.21. The van der Waals surface area contributed by atoms with Gasteiger partial charge in [-0.25, -0.2) is 13.4 Å². The number of aromatic nitrogens is 1. The summed E-state index contributed by atoms with van der Waals surface area (Å²) in [6.07, 6.45) is 1.43. The van der Waals surface area contributed by atoms with E-state index in [9.17, 15) is 13.2 Å². The molecule has 7 nitrogen and oxygen atoms in total. The summed E-state index contributed by atoms with van der Waals surface area (Å²) in [6, 6.07) is 14.3. The molecule has 0 unspecified atom stereocenters. The van der Waals surface area contributed by atoms with Gasteiger partial charge in [-0.3, -0.25) is 4.79 Å². The van der Waals surface area contributed by atoms with Gasteiger partial charge in [-0.2, -0.15) is 0 Å². The number of nitrogens with one attached hydrogen (secondary N) is 1. The van der Waals surface area contributed by atoms with Gasteiger partial charge in [-0.15, -0.1) is 11.3 Å². The van der Waals surface area contributed by atoms with Crippen molar-refractivity contribution < 1.29 is 13.2 Å². The van der Waals surface area contributed by atoms with Gasteiger partial charge >= 0.3 is 0 Å². The highest BCUT2D eigenvalue weighted by atomic mass is 35.5. The van der Waals surface area contributed by atoms with Crippen molar-refractivity contribution in [2.45, 2.75) is 11.3 Å². The van der Waals surface area contributed by atoms with E-state index in [2.05, 4.69) is 15.2 Å². The Labute approximate surface area is 196 Å². The van der Waals surface area contributed by atoms with Crippen molar-refractivity contribution in [2.75, 3.05) is 42.7 Å². The number of halogens is 1. The molecule has 0 spiro atoms. The molecule has 1 aromatic heterocycles. The lowest BCUT2D eigenvalue weighted by atomic mass is 10.2. The number of benzene rings is 2. The van der Waals surface area contributed by atoms with Crippen molar-refractivity contribution in [3.05, 3.63) is 64.6 Å². The minimum absolute atomic E-state index is 0.0649. The van der Waals surface area contributed by atoms with E-state index in [1.807, 2.05) is 34.5 Å². The van der Waals surface area contributed by atoms with Crippen LogP contribution in [0.15, 0.2) is 58.8 Å². The molecule has 32 heavy (non-hydrogen) atoms. The quantitative estimate of drug-likeness (QED) is 0.565. The Hall–Kier alpha value is -2.62. The molecule has 0 aliphatic carbocycles. The Kier molecular flexibility index (Phi) is 6.68. The van der Waals surface area contributed by atoms with Crippen molar-refractivity contribution in [1.82, 2.24) is 9.88 Å². The summed E-state index contributed by atoms with van der Waals surface area (Å²) in [5.74, 6) is 0.0649. The predicted octanol–water partition coefficient (Wildman–Crippen LogP) is 3.83. The highest BCUT2D eigenvalue weighted by Crippen LogP contribution is 2.23. The van der Waals surface area contributed by atoms with Crippen molar-refractivity contribution in [1.29, 1.82) is 0 Å². The fourth-order valence-corrected chi connectivity index (χ4v) is 4.97. The molecule has 0 bridgehead atoms. The highest BCUT2D eigenvalue weighted by Gasteiger charge is 2.22. The molecular formula is C22H23ClN4O3S2. The maximum Gasteiger partial charge on any atom is 0.228 e. The van der Waals surface area contributed by atoms with Gasteiger partial charge in [0.05, 0.1) is 17.0 Å². The van der Waals surface area contributed by atoms with E-state index in [-0.39, 0.29) is 17.2 Å². The predicted molar refractivity (Wildman–Crippen MR) is 129 cm³/mol. The standard InChI is InChI=1S/C22H23ClN4O3S2/c1-32(29,30)20-8-4-17(5-9-20)24-22-25-18(15-31-22)14-21(28)27-12-10-26(11-13-27)19-6-2-16(23)3-7-19/h2-9,15H,10-14H2,1H3,(H,24,25). The third-order valence-electron chi connectivity index (χ3n) is 5.24. The van der Waals surface area contributed by atoms with Gasteiger partial charge in [-0.05, 0) is 48.5 Å². The van der Waals surface area contributed by atoms with Crippen molar-refractivity contribution >= 4 is 55.2 Å². The molecule has 3 aromatic rings. The second-order valence-electron chi connectivity index (χ2n) is 7.59. The summed E-state index contributed by atoms with van der Waals surface area (Å²) >= 11 is 7.37. The molecule has 1 amide bonds. The monoisotopic (exact) mass is 490 g/mol. The Bertz CT molecular complexity index is 1190. The summed E-state index contributed by atoms with van der Waals surface area (Å²) in [4.78, 5) is 21.6. The van der Waals surface area contributed by atoms with Gasteiger partial charge in [0.1, 0.15) is 0 Å².